The predicted molar refractivity (Wildman–Crippen MR) is 148 cm³/mol. The molecule has 0 unspecified atom stereocenters. The number of benzene rings is 3. The molecule has 0 aliphatic rings. The predicted octanol–water partition coefficient (Wildman–Crippen LogP) is 6.07. The lowest BCUT2D eigenvalue weighted by Crippen LogP contribution is -2.20. The molecule has 0 atom stereocenters. The summed E-state index contributed by atoms with van der Waals surface area (Å²) in [6.07, 6.45) is 2.30. The molecule has 0 aromatic heterocycles. The van der Waals surface area contributed by atoms with Gasteiger partial charge >= 0.3 is 0 Å². The van der Waals surface area contributed by atoms with Crippen molar-refractivity contribution in [1.29, 1.82) is 0 Å². The summed E-state index contributed by atoms with van der Waals surface area (Å²) in [5.41, 5.74) is 4.04. The van der Waals surface area contributed by atoms with Crippen LogP contribution in [0.15, 0.2) is 70.2 Å². The zero-order chi connectivity index (χ0) is 26.6. The quantitative estimate of drug-likeness (QED) is 0.198. The number of halogens is 2. The van der Waals surface area contributed by atoms with Crippen LogP contribution in [0.2, 0.25) is 5.02 Å². The molecule has 0 heterocycles. The average molecular weight is 589 g/mol. The van der Waals surface area contributed by atoms with E-state index in [4.69, 9.17) is 25.8 Å². The first-order valence-electron chi connectivity index (χ1n) is 11.6. The number of hydrazone groups is 1. The van der Waals surface area contributed by atoms with Crippen molar-refractivity contribution >= 4 is 51.2 Å². The second-order valence-electron chi connectivity index (χ2n) is 7.67. The van der Waals surface area contributed by atoms with Crippen molar-refractivity contribution in [1.82, 2.24) is 5.43 Å². The molecule has 2 N–H and O–H groups in total. The van der Waals surface area contributed by atoms with Crippen LogP contribution < -0.4 is 25.0 Å². The van der Waals surface area contributed by atoms with Gasteiger partial charge in [0.15, 0.2) is 18.1 Å². The van der Waals surface area contributed by atoms with E-state index in [0.717, 1.165) is 10.9 Å². The maximum absolute atomic E-state index is 12.7. The lowest BCUT2D eigenvalue weighted by molar-refractivity contribution is -0.118. The van der Waals surface area contributed by atoms with Gasteiger partial charge in [0, 0.05) is 26.3 Å². The third kappa shape index (κ3) is 8.80. The molecule has 0 aliphatic heterocycles. The van der Waals surface area contributed by atoms with Crippen molar-refractivity contribution in [2.75, 3.05) is 25.1 Å². The third-order valence-electron chi connectivity index (χ3n) is 4.80. The van der Waals surface area contributed by atoms with Crippen molar-refractivity contribution in [2.24, 2.45) is 5.10 Å². The fraction of sp³-hybridized carbons (Fsp3) is 0.222. The molecule has 0 saturated carbocycles. The first-order valence-corrected chi connectivity index (χ1v) is 12.8. The Balaban J connectivity index is 1.63. The monoisotopic (exact) mass is 587 g/mol. The molecular formula is C27H27BrClN3O5. The normalized spacial score (nSPS) is 10.7. The largest absolute Gasteiger partial charge is 0.490 e. The SMILES string of the molecule is CCCOc1ccc(C(=O)N/N=C/c2cc(Br)ccc2OCC(=O)Nc2ccc(Cl)cc2)cc1OCC. The maximum atomic E-state index is 12.7. The average Bonchev–Trinajstić information content (AvgIpc) is 2.89. The standard InChI is InChI=1S/C27H27BrClN3O5/c1-3-13-36-24-11-5-18(15-25(24)35-4-2)27(34)32-30-16-19-14-20(28)6-12-23(19)37-17-26(33)31-22-9-7-21(29)8-10-22/h5-12,14-16H,3-4,13,17H2,1-2H3,(H,31,33)(H,32,34)/b30-16+. The molecule has 0 aliphatic carbocycles. The molecule has 37 heavy (non-hydrogen) atoms. The number of anilines is 1. The number of rotatable bonds is 12. The van der Waals surface area contributed by atoms with Gasteiger partial charge in [0.05, 0.1) is 19.4 Å². The number of hydrogen-bond acceptors (Lipinski definition) is 6. The van der Waals surface area contributed by atoms with Crippen molar-refractivity contribution in [2.45, 2.75) is 20.3 Å². The Kier molecular flexibility index (Phi) is 10.8. The van der Waals surface area contributed by atoms with Gasteiger partial charge in [-0.25, -0.2) is 5.43 Å². The van der Waals surface area contributed by atoms with Crippen LogP contribution in [0.5, 0.6) is 17.2 Å². The number of carbonyl (C=O) groups is 2. The number of hydrogen-bond donors (Lipinski definition) is 2. The van der Waals surface area contributed by atoms with Gasteiger partial charge in [-0.1, -0.05) is 34.5 Å². The van der Waals surface area contributed by atoms with Gasteiger partial charge in [0.25, 0.3) is 11.8 Å². The molecule has 194 valence electrons. The van der Waals surface area contributed by atoms with E-state index in [1.54, 1.807) is 60.7 Å². The molecule has 0 fully saturated rings. The summed E-state index contributed by atoms with van der Waals surface area (Å²) < 4.78 is 17.8. The van der Waals surface area contributed by atoms with Crippen LogP contribution in [-0.4, -0.2) is 37.8 Å². The molecule has 10 heteroatoms. The molecule has 3 aromatic rings. The number of ether oxygens (including phenoxy) is 3. The van der Waals surface area contributed by atoms with E-state index < -0.39 is 5.91 Å². The van der Waals surface area contributed by atoms with Crippen molar-refractivity contribution < 1.29 is 23.8 Å². The Morgan fingerprint density at radius 2 is 1.70 bits per heavy atom. The van der Waals surface area contributed by atoms with E-state index in [-0.39, 0.29) is 12.5 Å². The molecule has 0 radical (unpaired) electrons. The first kappa shape index (κ1) is 28.0. The van der Waals surface area contributed by atoms with E-state index in [1.807, 2.05) is 13.8 Å². The minimum absolute atomic E-state index is 0.218. The summed E-state index contributed by atoms with van der Waals surface area (Å²) in [7, 11) is 0. The van der Waals surface area contributed by atoms with Crippen LogP contribution >= 0.6 is 27.5 Å². The van der Waals surface area contributed by atoms with Gasteiger partial charge in [-0.15, -0.1) is 0 Å². The molecule has 2 amide bonds. The Morgan fingerprint density at radius 3 is 2.43 bits per heavy atom. The Bertz CT molecular complexity index is 1250. The van der Waals surface area contributed by atoms with Crippen molar-refractivity contribution in [3.63, 3.8) is 0 Å². The van der Waals surface area contributed by atoms with E-state index in [9.17, 15) is 9.59 Å². The van der Waals surface area contributed by atoms with Crippen molar-refractivity contribution in [3.05, 3.63) is 81.3 Å². The second kappa shape index (κ2) is 14.2. The number of nitrogens with zero attached hydrogens (tertiary/aromatic N) is 1. The minimum Gasteiger partial charge on any atom is -0.490 e. The Labute approximate surface area is 229 Å². The molecule has 8 nitrogen and oxygen atoms in total. The first-order chi connectivity index (χ1) is 17.9. The molecule has 3 aromatic carbocycles. The highest BCUT2D eigenvalue weighted by molar-refractivity contribution is 9.10. The fourth-order valence-corrected chi connectivity index (χ4v) is 3.60. The van der Waals surface area contributed by atoms with Gasteiger partial charge in [0.1, 0.15) is 5.75 Å². The van der Waals surface area contributed by atoms with Gasteiger partial charge in [-0.2, -0.15) is 5.10 Å². The highest BCUT2D eigenvalue weighted by Gasteiger charge is 2.12. The van der Waals surface area contributed by atoms with E-state index in [1.165, 1.54) is 6.21 Å². The van der Waals surface area contributed by atoms with Crippen LogP contribution in [-0.2, 0) is 4.79 Å². The zero-order valence-electron chi connectivity index (χ0n) is 20.4. The van der Waals surface area contributed by atoms with Crippen LogP contribution in [0.3, 0.4) is 0 Å². The van der Waals surface area contributed by atoms with E-state index in [0.29, 0.717) is 52.3 Å². The highest BCUT2D eigenvalue weighted by atomic mass is 79.9. The smallest absolute Gasteiger partial charge is 0.271 e. The summed E-state index contributed by atoms with van der Waals surface area (Å²) in [4.78, 5) is 24.9. The van der Waals surface area contributed by atoms with Gasteiger partial charge < -0.3 is 19.5 Å². The highest BCUT2D eigenvalue weighted by Crippen LogP contribution is 2.29. The Hall–Kier alpha value is -3.56. The summed E-state index contributed by atoms with van der Waals surface area (Å²) in [5.74, 6) is 0.743. The topological polar surface area (TPSA) is 98.3 Å². The molecule has 0 bridgehead atoms. The summed E-state index contributed by atoms with van der Waals surface area (Å²) in [5, 5.41) is 7.37. The molecule has 0 saturated heterocycles. The van der Waals surface area contributed by atoms with Crippen LogP contribution in [0.25, 0.3) is 0 Å². The maximum Gasteiger partial charge on any atom is 0.271 e. The van der Waals surface area contributed by atoms with Crippen LogP contribution in [0, 0.1) is 0 Å². The minimum atomic E-state index is -0.418. The fourth-order valence-electron chi connectivity index (χ4n) is 3.10. The van der Waals surface area contributed by atoms with E-state index >= 15 is 0 Å². The number of carbonyl (C=O) groups excluding carboxylic acids is 2. The van der Waals surface area contributed by atoms with E-state index in [2.05, 4.69) is 31.8 Å². The second-order valence-corrected chi connectivity index (χ2v) is 9.02. The third-order valence-corrected chi connectivity index (χ3v) is 5.54. The molecule has 0 spiro atoms. The molecule has 3 rings (SSSR count). The lowest BCUT2D eigenvalue weighted by atomic mass is 10.2. The lowest BCUT2D eigenvalue weighted by Gasteiger charge is -2.12. The summed E-state index contributed by atoms with van der Waals surface area (Å²) >= 11 is 9.28. The summed E-state index contributed by atoms with van der Waals surface area (Å²) in [6, 6.07) is 17.0. The van der Waals surface area contributed by atoms with Crippen LogP contribution in [0.1, 0.15) is 36.2 Å². The zero-order valence-corrected chi connectivity index (χ0v) is 22.8. The number of amides is 2. The van der Waals surface area contributed by atoms with Gasteiger partial charge in [-0.05, 0) is 74.0 Å². The summed E-state index contributed by atoms with van der Waals surface area (Å²) in [6.45, 7) is 4.65. The van der Waals surface area contributed by atoms with Gasteiger partial charge in [-0.3, -0.25) is 9.59 Å². The molecular weight excluding hydrogens is 562 g/mol. The van der Waals surface area contributed by atoms with Crippen LogP contribution in [0.4, 0.5) is 5.69 Å². The number of nitrogens with one attached hydrogen (secondary N) is 2. The van der Waals surface area contributed by atoms with Gasteiger partial charge in [0.2, 0.25) is 0 Å². The Morgan fingerprint density at radius 1 is 0.946 bits per heavy atom. The van der Waals surface area contributed by atoms with Crippen molar-refractivity contribution in [3.8, 4) is 17.2 Å².